The van der Waals surface area contributed by atoms with Gasteiger partial charge < -0.3 is 5.32 Å². The van der Waals surface area contributed by atoms with Gasteiger partial charge in [-0.25, -0.2) is 4.98 Å². The molecule has 0 aliphatic carbocycles. The van der Waals surface area contributed by atoms with Crippen LogP contribution in [0.25, 0.3) is 0 Å². The molecule has 0 saturated heterocycles. The van der Waals surface area contributed by atoms with Gasteiger partial charge in [0.25, 0.3) is 0 Å². The summed E-state index contributed by atoms with van der Waals surface area (Å²) in [7, 11) is 0. The summed E-state index contributed by atoms with van der Waals surface area (Å²) in [6.45, 7) is 12.1. The predicted octanol–water partition coefficient (Wildman–Crippen LogP) is 3.72. The number of rotatable bonds is 7. The number of hydrogen-bond acceptors (Lipinski definition) is 3. The van der Waals surface area contributed by atoms with Crippen molar-refractivity contribution in [3.8, 4) is 0 Å². The Kier molecular flexibility index (Phi) is 6.14. The Hall–Kier alpha value is -0.410. The first-order valence-corrected chi connectivity index (χ1v) is 7.50. The van der Waals surface area contributed by atoms with Crippen molar-refractivity contribution in [3.63, 3.8) is 0 Å². The first kappa shape index (κ1) is 14.7. The monoisotopic (exact) mass is 254 g/mol. The molecule has 0 saturated carbocycles. The molecule has 98 valence electrons. The Morgan fingerprint density at radius 1 is 1.29 bits per heavy atom. The van der Waals surface area contributed by atoms with Crippen LogP contribution in [-0.4, -0.2) is 17.6 Å². The van der Waals surface area contributed by atoms with E-state index in [0.29, 0.717) is 6.04 Å². The maximum atomic E-state index is 4.61. The van der Waals surface area contributed by atoms with E-state index in [2.05, 4.69) is 44.9 Å². The van der Waals surface area contributed by atoms with E-state index in [0.717, 1.165) is 18.9 Å². The second kappa shape index (κ2) is 7.12. The normalized spacial score (nSPS) is 13.3. The van der Waals surface area contributed by atoms with Gasteiger partial charge >= 0.3 is 0 Å². The SMILES string of the molecule is CCNC(CCc1nc(C)c(C)s1)CC(C)C. The number of thiazole rings is 1. The summed E-state index contributed by atoms with van der Waals surface area (Å²) < 4.78 is 0. The third-order valence-electron chi connectivity index (χ3n) is 3.03. The van der Waals surface area contributed by atoms with Gasteiger partial charge in [0.1, 0.15) is 0 Å². The minimum atomic E-state index is 0.643. The van der Waals surface area contributed by atoms with Gasteiger partial charge in [-0.3, -0.25) is 0 Å². The lowest BCUT2D eigenvalue weighted by atomic mass is 10.00. The van der Waals surface area contributed by atoms with Crippen molar-refractivity contribution in [1.82, 2.24) is 10.3 Å². The van der Waals surface area contributed by atoms with Gasteiger partial charge in [-0.15, -0.1) is 11.3 Å². The Labute approximate surface area is 110 Å². The zero-order valence-electron chi connectivity index (χ0n) is 11.8. The van der Waals surface area contributed by atoms with Crippen LogP contribution in [0.15, 0.2) is 0 Å². The van der Waals surface area contributed by atoms with Crippen molar-refractivity contribution in [2.75, 3.05) is 6.54 Å². The van der Waals surface area contributed by atoms with Crippen LogP contribution in [0.2, 0.25) is 0 Å². The van der Waals surface area contributed by atoms with Gasteiger partial charge in [-0.1, -0.05) is 20.8 Å². The molecule has 0 spiro atoms. The summed E-state index contributed by atoms with van der Waals surface area (Å²) in [5.41, 5.74) is 1.20. The van der Waals surface area contributed by atoms with Crippen molar-refractivity contribution < 1.29 is 0 Å². The molecule has 2 nitrogen and oxygen atoms in total. The van der Waals surface area contributed by atoms with Crippen molar-refractivity contribution >= 4 is 11.3 Å². The highest BCUT2D eigenvalue weighted by molar-refractivity contribution is 7.11. The number of aromatic nitrogens is 1. The van der Waals surface area contributed by atoms with Crippen LogP contribution in [0.3, 0.4) is 0 Å². The number of hydrogen-bond donors (Lipinski definition) is 1. The lowest BCUT2D eigenvalue weighted by molar-refractivity contribution is 0.405. The summed E-state index contributed by atoms with van der Waals surface area (Å²) in [5, 5.41) is 4.88. The van der Waals surface area contributed by atoms with Gasteiger partial charge in [0.2, 0.25) is 0 Å². The van der Waals surface area contributed by atoms with Crippen LogP contribution < -0.4 is 5.32 Å². The van der Waals surface area contributed by atoms with Gasteiger partial charge in [0.05, 0.1) is 10.7 Å². The minimum absolute atomic E-state index is 0.643. The highest BCUT2D eigenvalue weighted by atomic mass is 32.1. The quantitative estimate of drug-likeness (QED) is 0.802. The molecule has 0 aliphatic heterocycles. The van der Waals surface area contributed by atoms with Gasteiger partial charge in [0.15, 0.2) is 0 Å². The molecule has 1 aromatic rings. The molecule has 1 aromatic heterocycles. The smallest absolute Gasteiger partial charge is 0.0931 e. The molecule has 1 atom stereocenters. The second-order valence-electron chi connectivity index (χ2n) is 5.17. The highest BCUT2D eigenvalue weighted by Crippen LogP contribution is 2.19. The molecule has 1 rings (SSSR count). The minimum Gasteiger partial charge on any atom is -0.314 e. The molecule has 1 unspecified atom stereocenters. The van der Waals surface area contributed by atoms with Gasteiger partial charge in [-0.05, 0) is 39.2 Å². The molecular formula is C14H26N2S. The fourth-order valence-electron chi connectivity index (χ4n) is 2.10. The Morgan fingerprint density at radius 2 is 2.00 bits per heavy atom. The molecule has 0 fully saturated rings. The van der Waals surface area contributed by atoms with E-state index in [4.69, 9.17) is 0 Å². The summed E-state index contributed by atoms with van der Waals surface area (Å²) in [5.74, 6) is 0.763. The summed E-state index contributed by atoms with van der Waals surface area (Å²) in [6, 6.07) is 0.643. The fraction of sp³-hybridized carbons (Fsp3) is 0.786. The van der Waals surface area contributed by atoms with E-state index in [9.17, 15) is 0 Å². The van der Waals surface area contributed by atoms with Gasteiger partial charge in [0, 0.05) is 17.3 Å². The van der Waals surface area contributed by atoms with Crippen molar-refractivity contribution in [1.29, 1.82) is 0 Å². The molecule has 1 N–H and O–H groups in total. The summed E-state index contributed by atoms with van der Waals surface area (Å²) in [4.78, 5) is 5.98. The predicted molar refractivity (Wildman–Crippen MR) is 76.8 cm³/mol. The summed E-state index contributed by atoms with van der Waals surface area (Å²) in [6.07, 6.45) is 3.58. The number of nitrogens with zero attached hydrogens (tertiary/aromatic N) is 1. The van der Waals surface area contributed by atoms with E-state index in [1.54, 1.807) is 0 Å². The van der Waals surface area contributed by atoms with Crippen molar-refractivity contribution in [2.24, 2.45) is 5.92 Å². The number of nitrogens with one attached hydrogen (secondary N) is 1. The average molecular weight is 254 g/mol. The molecule has 0 radical (unpaired) electrons. The van der Waals surface area contributed by atoms with E-state index >= 15 is 0 Å². The molecule has 0 aromatic carbocycles. The van der Waals surface area contributed by atoms with Crippen LogP contribution in [0.5, 0.6) is 0 Å². The Bertz CT molecular complexity index is 311. The standard InChI is InChI=1S/C14H26N2S/c1-6-15-13(9-10(2)3)7-8-14-16-11(4)12(5)17-14/h10,13,15H,6-9H2,1-5H3. The molecule has 0 amide bonds. The van der Waals surface area contributed by atoms with Crippen LogP contribution >= 0.6 is 11.3 Å². The molecule has 1 heterocycles. The molecule has 0 aliphatic rings. The molecule has 17 heavy (non-hydrogen) atoms. The Balaban J connectivity index is 2.45. The maximum absolute atomic E-state index is 4.61. The average Bonchev–Trinajstić information content (AvgIpc) is 2.55. The topological polar surface area (TPSA) is 24.9 Å². The second-order valence-corrected chi connectivity index (χ2v) is 6.46. The molecule has 0 bridgehead atoms. The van der Waals surface area contributed by atoms with E-state index in [-0.39, 0.29) is 0 Å². The van der Waals surface area contributed by atoms with Crippen LogP contribution in [0, 0.1) is 19.8 Å². The van der Waals surface area contributed by atoms with E-state index < -0.39 is 0 Å². The third kappa shape index (κ3) is 5.17. The van der Waals surface area contributed by atoms with Crippen LogP contribution in [-0.2, 0) is 6.42 Å². The fourth-order valence-corrected chi connectivity index (χ4v) is 3.05. The molecule has 3 heteroatoms. The van der Waals surface area contributed by atoms with E-state index in [1.807, 2.05) is 11.3 Å². The third-order valence-corrected chi connectivity index (χ3v) is 4.16. The van der Waals surface area contributed by atoms with Gasteiger partial charge in [-0.2, -0.15) is 0 Å². The first-order valence-electron chi connectivity index (χ1n) is 6.69. The van der Waals surface area contributed by atoms with E-state index in [1.165, 1.54) is 28.4 Å². The maximum Gasteiger partial charge on any atom is 0.0931 e. The Morgan fingerprint density at radius 3 is 2.47 bits per heavy atom. The van der Waals surface area contributed by atoms with Crippen molar-refractivity contribution in [2.45, 2.75) is 59.9 Å². The van der Waals surface area contributed by atoms with Crippen molar-refractivity contribution in [3.05, 3.63) is 15.6 Å². The lowest BCUT2D eigenvalue weighted by Crippen LogP contribution is -2.30. The largest absolute Gasteiger partial charge is 0.314 e. The highest BCUT2D eigenvalue weighted by Gasteiger charge is 2.11. The first-order chi connectivity index (χ1) is 8.02. The van der Waals surface area contributed by atoms with Crippen LogP contribution in [0.4, 0.5) is 0 Å². The summed E-state index contributed by atoms with van der Waals surface area (Å²) >= 11 is 1.85. The lowest BCUT2D eigenvalue weighted by Gasteiger charge is -2.19. The van der Waals surface area contributed by atoms with Crippen LogP contribution in [0.1, 0.15) is 49.2 Å². The number of aryl methyl sites for hydroxylation is 3. The molecular weight excluding hydrogens is 228 g/mol. The zero-order valence-corrected chi connectivity index (χ0v) is 12.7. The zero-order chi connectivity index (χ0) is 12.8.